The van der Waals surface area contributed by atoms with E-state index in [0.717, 1.165) is 23.8 Å². The molecule has 0 spiro atoms. The maximum absolute atomic E-state index is 14.4. The Bertz CT molecular complexity index is 2660. The Kier molecular flexibility index (Phi) is 10.3. The van der Waals surface area contributed by atoms with E-state index in [1.54, 1.807) is 24.0 Å². The van der Waals surface area contributed by atoms with Crippen LogP contribution in [-0.4, -0.2) is 65.5 Å². The van der Waals surface area contributed by atoms with E-state index >= 15 is 0 Å². The molecule has 52 heavy (non-hydrogen) atoms. The minimum absolute atomic E-state index is 0.0295. The van der Waals surface area contributed by atoms with Crippen LogP contribution in [0.4, 0.5) is 39.0 Å². The van der Waals surface area contributed by atoms with Crippen molar-refractivity contribution in [1.29, 1.82) is 0 Å². The molecule has 0 radical (unpaired) electrons. The third kappa shape index (κ3) is 7.99. The number of azo groups is 1. The number of aromatic nitrogens is 3. The van der Waals surface area contributed by atoms with E-state index in [1.165, 1.54) is 0 Å². The zero-order valence-electron chi connectivity index (χ0n) is 26.6. The van der Waals surface area contributed by atoms with Gasteiger partial charge in [-0.15, -0.1) is 10.2 Å². The molecule has 0 bridgehead atoms. The average molecular weight is 794 g/mol. The SMILES string of the molecule is C=Cc1cc(F)cc(N=Nc2c(S(=O)(=O)O)cc3cc(S(=O)(=O)O)cc(Nc4nc(Cl)nc(N(CC)c5cccc(C)c5)n4)c3c2O)c1S(=O)(=O)O. The summed E-state index contributed by atoms with van der Waals surface area (Å²) in [5.41, 5.74) is -1.16. The normalized spacial score (nSPS) is 12.4. The van der Waals surface area contributed by atoms with Crippen molar-refractivity contribution in [3.8, 4) is 5.75 Å². The quantitative estimate of drug-likeness (QED) is 0.0703. The Labute approximate surface area is 300 Å². The summed E-state index contributed by atoms with van der Waals surface area (Å²) in [6.45, 7) is 7.37. The molecule has 0 fully saturated rings. The summed E-state index contributed by atoms with van der Waals surface area (Å²) in [6, 6.07) is 10.8. The Balaban J connectivity index is 1.78. The van der Waals surface area contributed by atoms with Gasteiger partial charge in [0.2, 0.25) is 17.2 Å². The highest BCUT2D eigenvalue weighted by Gasteiger charge is 2.27. The average Bonchev–Trinajstić information content (AvgIpc) is 3.02. The summed E-state index contributed by atoms with van der Waals surface area (Å²) in [5.74, 6) is -2.48. The van der Waals surface area contributed by atoms with Crippen LogP contribution in [0.25, 0.3) is 16.8 Å². The number of anilines is 4. The first-order valence-corrected chi connectivity index (χ1v) is 19.1. The second-order valence-corrected chi connectivity index (χ2v) is 15.3. The minimum Gasteiger partial charge on any atom is -0.505 e. The predicted octanol–water partition coefficient (Wildman–Crippen LogP) is 6.53. The van der Waals surface area contributed by atoms with E-state index in [0.29, 0.717) is 30.4 Å². The first kappa shape index (κ1) is 38.1. The lowest BCUT2D eigenvalue weighted by Crippen LogP contribution is -2.20. The molecule has 0 aliphatic rings. The van der Waals surface area contributed by atoms with Gasteiger partial charge in [0.1, 0.15) is 27.0 Å². The van der Waals surface area contributed by atoms with Gasteiger partial charge in [-0.1, -0.05) is 24.8 Å². The van der Waals surface area contributed by atoms with Crippen molar-refractivity contribution in [1.82, 2.24) is 15.0 Å². The standard InChI is InChI=1S/C30H25ClFN7O10S3/c1-4-16-10-18(32)13-22(27(16)52(47,48)49)37-38-25-23(51(44,45)46)12-17-11-20(50(41,42)43)14-21(24(17)26(25)40)33-29-34-28(31)35-30(36-29)39(5-2)19-8-6-7-15(3)9-19/h4,6-14,40H,1,5H2,2-3H3,(H,41,42,43)(H,44,45,46)(H,47,48,49)(H,33,34,35,36). The number of nitrogens with one attached hydrogen (secondary N) is 1. The third-order valence-electron chi connectivity index (χ3n) is 7.21. The first-order valence-electron chi connectivity index (χ1n) is 14.4. The summed E-state index contributed by atoms with van der Waals surface area (Å²) in [7, 11) is -15.5. The molecule has 0 saturated carbocycles. The Morgan fingerprint density at radius 3 is 2.25 bits per heavy atom. The maximum Gasteiger partial charge on any atom is 0.297 e. The molecule has 17 nitrogen and oxygen atoms in total. The highest BCUT2D eigenvalue weighted by Crippen LogP contribution is 2.46. The number of aryl methyl sites for hydroxylation is 1. The molecular formula is C30H25ClFN7O10S3. The number of fused-ring (bicyclic) bond motifs is 1. The summed E-state index contributed by atoms with van der Waals surface area (Å²) < 4.78 is 118. The van der Waals surface area contributed by atoms with E-state index < -0.39 is 90.0 Å². The fourth-order valence-electron chi connectivity index (χ4n) is 5.08. The van der Waals surface area contributed by atoms with E-state index in [1.807, 2.05) is 19.1 Å². The van der Waals surface area contributed by atoms with Crippen LogP contribution in [0.3, 0.4) is 0 Å². The number of phenolic OH excluding ortho intramolecular Hbond substituents is 1. The molecule has 0 amide bonds. The van der Waals surface area contributed by atoms with Gasteiger partial charge in [0, 0.05) is 29.2 Å². The molecule has 0 atom stereocenters. The fraction of sp³-hybridized carbons (Fsp3) is 0.100. The molecule has 5 rings (SSSR count). The van der Waals surface area contributed by atoms with E-state index in [2.05, 4.69) is 37.1 Å². The largest absolute Gasteiger partial charge is 0.505 e. The Hall–Kier alpha value is -5.16. The topological polar surface area (TPSA) is 262 Å². The number of halogens is 2. The number of benzene rings is 4. The van der Waals surface area contributed by atoms with Crippen LogP contribution in [0.1, 0.15) is 18.1 Å². The van der Waals surface area contributed by atoms with Gasteiger partial charge in [-0.05, 0) is 72.8 Å². The van der Waals surface area contributed by atoms with Crippen molar-refractivity contribution in [3.05, 3.63) is 83.4 Å². The summed E-state index contributed by atoms with van der Waals surface area (Å²) >= 11 is 6.23. The number of phenols is 1. The molecule has 0 unspecified atom stereocenters. The van der Waals surface area contributed by atoms with Crippen LogP contribution in [0.15, 0.2) is 86.1 Å². The molecule has 5 N–H and O–H groups in total. The molecule has 0 saturated heterocycles. The van der Waals surface area contributed by atoms with Gasteiger partial charge in [-0.3, -0.25) is 13.7 Å². The number of rotatable bonds is 11. The number of aromatic hydroxyl groups is 1. The molecule has 22 heteroatoms. The fourth-order valence-corrected chi connectivity index (χ4v) is 7.24. The van der Waals surface area contributed by atoms with Gasteiger partial charge >= 0.3 is 0 Å². The summed E-state index contributed by atoms with van der Waals surface area (Å²) in [5, 5.41) is 20.2. The van der Waals surface area contributed by atoms with Gasteiger partial charge in [-0.2, -0.15) is 40.2 Å². The van der Waals surface area contributed by atoms with Crippen molar-refractivity contribution in [2.45, 2.75) is 28.5 Å². The smallest absolute Gasteiger partial charge is 0.297 e. The lowest BCUT2D eigenvalue weighted by molar-refractivity contribution is 0.472. The highest BCUT2D eigenvalue weighted by molar-refractivity contribution is 7.86. The zero-order valence-corrected chi connectivity index (χ0v) is 29.8. The molecule has 4 aromatic carbocycles. The van der Waals surface area contributed by atoms with Gasteiger partial charge in [0.15, 0.2) is 5.75 Å². The van der Waals surface area contributed by atoms with Gasteiger partial charge in [-0.25, -0.2) is 4.39 Å². The third-order valence-corrected chi connectivity index (χ3v) is 10.0. The minimum atomic E-state index is -5.34. The molecule has 272 valence electrons. The maximum atomic E-state index is 14.4. The van der Waals surface area contributed by atoms with Crippen LogP contribution in [0.2, 0.25) is 5.28 Å². The molecular weight excluding hydrogens is 769 g/mol. The molecule has 1 heterocycles. The predicted molar refractivity (Wildman–Crippen MR) is 188 cm³/mol. The summed E-state index contributed by atoms with van der Waals surface area (Å²) in [6.07, 6.45) is 0.881. The number of nitrogens with zero attached hydrogens (tertiary/aromatic N) is 6. The monoisotopic (exact) mass is 793 g/mol. The van der Waals surface area contributed by atoms with Crippen molar-refractivity contribution in [2.24, 2.45) is 10.2 Å². The van der Waals surface area contributed by atoms with Gasteiger partial charge < -0.3 is 15.3 Å². The van der Waals surface area contributed by atoms with Crippen LogP contribution in [-0.2, 0) is 30.4 Å². The van der Waals surface area contributed by atoms with Crippen molar-refractivity contribution < 1.29 is 48.4 Å². The lowest BCUT2D eigenvalue weighted by atomic mass is 10.1. The molecule has 5 aromatic rings. The summed E-state index contributed by atoms with van der Waals surface area (Å²) in [4.78, 5) is 11.2. The van der Waals surface area contributed by atoms with Gasteiger partial charge in [0.25, 0.3) is 30.4 Å². The Morgan fingerprint density at radius 2 is 1.65 bits per heavy atom. The molecule has 0 aliphatic carbocycles. The highest BCUT2D eigenvalue weighted by atomic mass is 35.5. The lowest BCUT2D eigenvalue weighted by Gasteiger charge is -2.22. The van der Waals surface area contributed by atoms with Crippen molar-refractivity contribution in [2.75, 3.05) is 16.8 Å². The second-order valence-electron chi connectivity index (χ2n) is 10.7. The molecule has 0 aliphatic heterocycles. The first-order chi connectivity index (χ1) is 24.2. The van der Waals surface area contributed by atoms with Crippen LogP contribution < -0.4 is 10.2 Å². The van der Waals surface area contributed by atoms with E-state index in [4.69, 9.17) is 11.6 Å². The Morgan fingerprint density at radius 1 is 0.942 bits per heavy atom. The van der Waals surface area contributed by atoms with E-state index in [-0.39, 0.29) is 17.2 Å². The number of hydrogen-bond donors (Lipinski definition) is 5. The van der Waals surface area contributed by atoms with Gasteiger partial charge in [0.05, 0.1) is 10.6 Å². The van der Waals surface area contributed by atoms with Crippen LogP contribution in [0.5, 0.6) is 5.75 Å². The second kappa shape index (κ2) is 14.1. The molecule has 1 aromatic heterocycles. The van der Waals surface area contributed by atoms with Crippen LogP contribution in [0, 0.1) is 12.7 Å². The van der Waals surface area contributed by atoms with Crippen molar-refractivity contribution >= 4 is 93.5 Å². The number of hydrogen-bond acceptors (Lipinski definition) is 14. The van der Waals surface area contributed by atoms with E-state index in [9.17, 15) is 48.4 Å². The van der Waals surface area contributed by atoms with Crippen molar-refractivity contribution in [3.63, 3.8) is 0 Å². The van der Waals surface area contributed by atoms with Crippen LogP contribution >= 0.6 is 11.6 Å². The zero-order chi connectivity index (χ0) is 38.3.